The number of benzene rings is 1. The van der Waals surface area contributed by atoms with E-state index in [-0.39, 0.29) is 17.9 Å². The molecule has 0 aliphatic carbocycles. The normalized spacial score (nSPS) is 25.1. The van der Waals surface area contributed by atoms with Crippen molar-refractivity contribution in [1.82, 2.24) is 10.2 Å². The Morgan fingerprint density at radius 3 is 2.71 bits per heavy atom. The quantitative estimate of drug-likeness (QED) is 0.778. The minimum Gasteiger partial charge on any atom is -0.480 e. The Hall–Kier alpha value is -2.67. The van der Waals surface area contributed by atoms with Crippen LogP contribution in [0.3, 0.4) is 0 Å². The lowest BCUT2D eigenvalue weighted by Gasteiger charge is -2.42. The van der Waals surface area contributed by atoms with E-state index < -0.39 is 18.1 Å². The molecule has 2 aliphatic heterocycles. The van der Waals surface area contributed by atoms with Crippen molar-refractivity contribution < 1.29 is 19.5 Å². The Bertz CT molecular complexity index is 918. The molecule has 2 amide bonds. The second-order valence-corrected chi connectivity index (χ2v) is 8.39. The Morgan fingerprint density at radius 1 is 1.14 bits per heavy atom. The molecular weight excluding hydrogens is 376 g/mol. The van der Waals surface area contributed by atoms with E-state index in [1.165, 1.54) is 16.2 Å². The van der Waals surface area contributed by atoms with Crippen LogP contribution >= 0.6 is 11.3 Å². The minimum atomic E-state index is -0.975. The molecule has 6 nitrogen and oxygen atoms in total. The van der Waals surface area contributed by atoms with Crippen molar-refractivity contribution in [2.45, 2.75) is 50.2 Å². The molecule has 2 aromatic rings. The van der Waals surface area contributed by atoms with Gasteiger partial charge in [-0.05, 0) is 49.6 Å². The summed E-state index contributed by atoms with van der Waals surface area (Å²) in [6.07, 6.45) is 6.97. The van der Waals surface area contributed by atoms with Crippen LogP contribution in [0.25, 0.3) is 10.1 Å². The zero-order valence-electron chi connectivity index (χ0n) is 15.3. The molecule has 1 aromatic heterocycles. The number of fused-ring (bicyclic) bond motifs is 2. The Kier molecular flexibility index (Phi) is 5.17. The summed E-state index contributed by atoms with van der Waals surface area (Å²) >= 11 is 1.38. The predicted molar refractivity (Wildman–Crippen MR) is 107 cm³/mol. The topological polar surface area (TPSA) is 86.7 Å². The lowest BCUT2D eigenvalue weighted by atomic mass is 9.90. The van der Waals surface area contributed by atoms with E-state index in [9.17, 15) is 19.5 Å². The van der Waals surface area contributed by atoms with Crippen LogP contribution in [-0.4, -0.2) is 45.9 Å². The number of carbonyl (C=O) groups is 3. The number of carboxylic acids is 1. The average Bonchev–Trinajstić information content (AvgIpc) is 3.12. The highest BCUT2D eigenvalue weighted by molar-refractivity contribution is 7.20. The number of nitrogens with zero attached hydrogens (tertiary/aromatic N) is 1. The van der Waals surface area contributed by atoms with E-state index in [2.05, 4.69) is 5.32 Å². The molecule has 146 valence electrons. The lowest BCUT2D eigenvalue weighted by molar-refractivity contribution is -0.156. The van der Waals surface area contributed by atoms with Crippen LogP contribution in [0.2, 0.25) is 0 Å². The first kappa shape index (κ1) is 18.7. The van der Waals surface area contributed by atoms with Gasteiger partial charge >= 0.3 is 5.97 Å². The van der Waals surface area contributed by atoms with Gasteiger partial charge < -0.3 is 15.3 Å². The number of rotatable bonds is 3. The average molecular weight is 398 g/mol. The maximum atomic E-state index is 13.2. The number of piperidine rings is 1. The van der Waals surface area contributed by atoms with Gasteiger partial charge in [-0.1, -0.05) is 30.4 Å². The fraction of sp³-hybridized carbons (Fsp3) is 0.381. The van der Waals surface area contributed by atoms with Crippen LogP contribution in [0.4, 0.5) is 0 Å². The van der Waals surface area contributed by atoms with Gasteiger partial charge in [-0.2, -0.15) is 0 Å². The number of nitrogens with one attached hydrogen (secondary N) is 1. The van der Waals surface area contributed by atoms with Crippen molar-refractivity contribution in [3.63, 3.8) is 0 Å². The van der Waals surface area contributed by atoms with Gasteiger partial charge in [0.15, 0.2) is 0 Å². The molecule has 3 heterocycles. The summed E-state index contributed by atoms with van der Waals surface area (Å²) in [5.41, 5.74) is 0. The van der Waals surface area contributed by atoms with Crippen molar-refractivity contribution in [2.75, 3.05) is 0 Å². The summed E-state index contributed by atoms with van der Waals surface area (Å²) in [4.78, 5) is 39.8. The van der Waals surface area contributed by atoms with Crippen molar-refractivity contribution in [3.05, 3.63) is 47.4 Å². The summed E-state index contributed by atoms with van der Waals surface area (Å²) in [5, 5.41) is 13.4. The molecule has 1 aromatic carbocycles. The summed E-state index contributed by atoms with van der Waals surface area (Å²) in [6.45, 7) is 0. The van der Waals surface area contributed by atoms with E-state index in [0.717, 1.165) is 22.9 Å². The molecule has 0 spiro atoms. The maximum Gasteiger partial charge on any atom is 0.326 e. The molecule has 2 N–H and O–H groups in total. The number of hydrogen-bond acceptors (Lipinski definition) is 4. The molecule has 3 atom stereocenters. The van der Waals surface area contributed by atoms with Gasteiger partial charge in [-0.25, -0.2) is 4.79 Å². The van der Waals surface area contributed by atoms with Crippen LogP contribution < -0.4 is 5.32 Å². The Labute approximate surface area is 166 Å². The number of thiophene rings is 1. The van der Waals surface area contributed by atoms with Gasteiger partial charge in [0.25, 0.3) is 5.91 Å². The highest BCUT2D eigenvalue weighted by Gasteiger charge is 2.41. The molecule has 1 saturated heterocycles. The molecule has 4 rings (SSSR count). The smallest absolute Gasteiger partial charge is 0.326 e. The van der Waals surface area contributed by atoms with Gasteiger partial charge in [0, 0.05) is 10.7 Å². The molecule has 7 heteroatoms. The molecule has 0 radical (unpaired) electrons. The largest absolute Gasteiger partial charge is 0.480 e. The van der Waals surface area contributed by atoms with Gasteiger partial charge in [-0.15, -0.1) is 11.3 Å². The molecule has 0 unspecified atom stereocenters. The van der Waals surface area contributed by atoms with Gasteiger partial charge in [-0.3, -0.25) is 9.59 Å². The maximum absolute atomic E-state index is 13.2. The zero-order chi connectivity index (χ0) is 19.7. The molecule has 28 heavy (non-hydrogen) atoms. The number of carbonyl (C=O) groups excluding carboxylic acids is 2. The number of aliphatic carboxylic acids is 1. The van der Waals surface area contributed by atoms with Crippen LogP contribution in [-0.2, 0) is 9.59 Å². The fourth-order valence-corrected chi connectivity index (χ4v) is 5.06. The van der Waals surface area contributed by atoms with Crippen molar-refractivity contribution in [2.24, 2.45) is 0 Å². The van der Waals surface area contributed by atoms with Crippen molar-refractivity contribution >= 4 is 39.2 Å². The van der Waals surface area contributed by atoms with Gasteiger partial charge in [0.05, 0.1) is 4.88 Å². The summed E-state index contributed by atoms with van der Waals surface area (Å²) in [6, 6.07) is 7.87. The van der Waals surface area contributed by atoms with E-state index in [1.54, 1.807) is 0 Å². The zero-order valence-corrected chi connectivity index (χ0v) is 16.2. The van der Waals surface area contributed by atoms with Gasteiger partial charge in [0.2, 0.25) is 5.91 Å². The monoisotopic (exact) mass is 398 g/mol. The summed E-state index contributed by atoms with van der Waals surface area (Å²) in [7, 11) is 0. The highest BCUT2D eigenvalue weighted by atomic mass is 32.1. The third-order valence-electron chi connectivity index (χ3n) is 5.48. The molecule has 0 saturated carbocycles. The van der Waals surface area contributed by atoms with Crippen LogP contribution in [0.15, 0.2) is 42.5 Å². The molecular formula is C21H22N2O4S. The highest BCUT2D eigenvalue weighted by Crippen LogP contribution is 2.29. The molecule has 1 fully saturated rings. The van der Waals surface area contributed by atoms with E-state index in [0.29, 0.717) is 24.1 Å². The van der Waals surface area contributed by atoms with Crippen molar-refractivity contribution in [3.8, 4) is 0 Å². The second kappa shape index (κ2) is 7.75. The third kappa shape index (κ3) is 3.54. The third-order valence-corrected chi connectivity index (χ3v) is 6.60. The number of carboxylic acid groups (broad SMARTS) is 1. The van der Waals surface area contributed by atoms with Crippen LogP contribution in [0.5, 0.6) is 0 Å². The standard InChI is InChI=1S/C21H22N2O4S/c24-19(18-12-13-6-1-4-11-17(13)28-18)22-15-9-3-2-7-14-8-5-10-16(21(26)27)23(14)20(15)25/h1-4,6,11-12,14-16H,5,7-10H2,(H,22,24)(H,26,27)/t14-,15-,16-/m0/s1. The lowest BCUT2D eigenvalue weighted by Crippen LogP contribution is -2.59. The van der Waals surface area contributed by atoms with E-state index >= 15 is 0 Å². The fourth-order valence-electron chi connectivity index (χ4n) is 4.10. The summed E-state index contributed by atoms with van der Waals surface area (Å²) < 4.78 is 1.01. The Balaban J connectivity index is 1.58. The van der Waals surface area contributed by atoms with Crippen LogP contribution in [0, 0.1) is 0 Å². The number of amides is 2. The van der Waals surface area contributed by atoms with Crippen LogP contribution in [0.1, 0.15) is 41.8 Å². The summed E-state index contributed by atoms with van der Waals surface area (Å²) in [5.74, 6) is -1.57. The van der Waals surface area contributed by atoms with Gasteiger partial charge in [0.1, 0.15) is 12.1 Å². The molecule has 2 aliphatic rings. The SMILES string of the molecule is O=C(N[C@H]1CC=CC[C@H]2CCC[C@@H](C(=O)O)N2C1=O)c1cc2ccccc2s1. The second-order valence-electron chi connectivity index (χ2n) is 7.30. The molecule has 0 bridgehead atoms. The first-order valence-electron chi connectivity index (χ1n) is 9.54. The van der Waals surface area contributed by atoms with E-state index in [4.69, 9.17) is 0 Å². The predicted octanol–water partition coefficient (Wildman–Crippen LogP) is 3.18. The first-order chi connectivity index (χ1) is 13.5. The minimum absolute atomic E-state index is 0.123. The van der Waals surface area contributed by atoms with Crippen molar-refractivity contribution in [1.29, 1.82) is 0 Å². The number of hydrogen-bond donors (Lipinski definition) is 2. The Morgan fingerprint density at radius 2 is 1.93 bits per heavy atom. The van der Waals surface area contributed by atoms with E-state index in [1.807, 2.05) is 42.5 Å². The first-order valence-corrected chi connectivity index (χ1v) is 10.4.